The number of hydrogen-bond donors (Lipinski definition) is 0. The van der Waals surface area contributed by atoms with Crippen LogP contribution in [0, 0.1) is 0 Å². The second kappa shape index (κ2) is 8.33. The first-order chi connectivity index (χ1) is 11.8. The molecule has 0 spiro atoms. The van der Waals surface area contributed by atoms with Gasteiger partial charge in [0.05, 0.1) is 16.8 Å². The largest absolute Gasteiger partial charge is 0.424 e. The minimum absolute atomic E-state index is 0.658. The van der Waals surface area contributed by atoms with Gasteiger partial charge in [-0.2, -0.15) is 0 Å². The van der Waals surface area contributed by atoms with Gasteiger partial charge in [-0.25, -0.2) is 4.98 Å². The third kappa shape index (κ3) is 3.98. The number of rotatable bonds is 9. The highest BCUT2D eigenvalue weighted by molar-refractivity contribution is 7.98. The Kier molecular flexibility index (Phi) is 5.91. The van der Waals surface area contributed by atoms with Crippen molar-refractivity contribution in [1.29, 1.82) is 0 Å². The van der Waals surface area contributed by atoms with E-state index in [1.165, 1.54) is 31.2 Å². The molecule has 0 aliphatic rings. The van der Waals surface area contributed by atoms with E-state index in [1.54, 1.807) is 11.8 Å². The predicted octanol–water partition coefficient (Wildman–Crippen LogP) is 4.85. The number of thioether (sulfide) groups is 1. The minimum Gasteiger partial charge on any atom is -0.424 e. The number of aromatic nitrogens is 4. The predicted molar refractivity (Wildman–Crippen MR) is 97.1 cm³/mol. The number of nitrogens with zero attached hydrogens (tertiary/aromatic N) is 4. The molecule has 0 N–H and O–H groups in total. The molecular weight excluding hydrogens is 320 g/mol. The first-order valence-corrected chi connectivity index (χ1v) is 9.69. The second-order valence-electron chi connectivity index (χ2n) is 5.83. The smallest absolute Gasteiger partial charge is 0.226 e. The highest BCUT2D eigenvalue weighted by Crippen LogP contribution is 2.27. The Balaban J connectivity index is 1.75. The summed E-state index contributed by atoms with van der Waals surface area (Å²) in [7, 11) is 0. The van der Waals surface area contributed by atoms with Crippen molar-refractivity contribution < 1.29 is 4.42 Å². The zero-order chi connectivity index (χ0) is 16.8. The molecule has 1 aromatic carbocycles. The van der Waals surface area contributed by atoms with E-state index < -0.39 is 0 Å². The highest BCUT2D eigenvalue weighted by Gasteiger charge is 2.13. The van der Waals surface area contributed by atoms with Crippen LogP contribution in [0.2, 0.25) is 0 Å². The van der Waals surface area contributed by atoms with Crippen LogP contribution in [0.25, 0.3) is 11.0 Å². The normalized spacial score (nSPS) is 11.4. The topological polar surface area (TPSA) is 56.7 Å². The molecule has 0 saturated heterocycles. The van der Waals surface area contributed by atoms with E-state index in [-0.39, 0.29) is 0 Å². The summed E-state index contributed by atoms with van der Waals surface area (Å²) in [6.07, 6.45) is 5.76. The van der Waals surface area contributed by atoms with Crippen LogP contribution in [0.3, 0.4) is 0 Å². The van der Waals surface area contributed by atoms with Crippen LogP contribution in [-0.4, -0.2) is 19.7 Å². The van der Waals surface area contributed by atoms with Crippen molar-refractivity contribution in [3.8, 4) is 0 Å². The van der Waals surface area contributed by atoms with Crippen LogP contribution in [0.15, 0.2) is 33.8 Å². The van der Waals surface area contributed by atoms with E-state index in [0.29, 0.717) is 17.5 Å². The number of unbranched alkanes of at least 4 members (excludes halogenated alkanes) is 3. The molecule has 5 nitrogen and oxygen atoms in total. The summed E-state index contributed by atoms with van der Waals surface area (Å²) in [6.45, 7) is 5.26. The zero-order valence-electron chi connectivity index (χ0n) is 14.4. The van der Waals surface area contributed by atoms with E-state index in [9.17, 15) is 0 Å². The van der Waals surface area contributed by atoms with Crippen LogP contribution >= 0.6 is 11.8 Å². The van der Waals surface area contributed by atoms with Gasteiger partial charge < -0.3 is 8.98 Å². The van der Waals surface area contributed by atoms with Crippen LogP contribution in [0.5, 0.6) is 0 Å². The number of benzene rings is 1. The Morgan fingerprint density at radius 1 is 1.04 bits per heavy atom. The van der Waals surface area contributed by atoms with E-state index in [2.05, 4.69) is 39.9 Å². The third-order valence-corrected chi connectivity index (χ3v) is 4.95. The van der Waals surface area contributed by atoms with Crippen molar-refractivity contribution in [2.24, 2.45) is 0 Å². The molecule has 3 rings (SSSR count). The lowest BCUT2D eigenvalue weighted by molar-refractivity contribution is 0.469. The summed E-state index contributed by atoms with van der Waals surface area (Å²) in [5, 5.41) is 9.15. The summed E-state index contributed by atoms with van der Waals surface area (Å²) in [5.74, 6) is 2.02. The first-order valence-electron chi connectivity index (χ1n) is 8.71. The third-order valence-electron chi connectivity index (χ3n) is 3.99. The molecule has 0 bridgehead atoms. The van der Waals surface area contributed by atoms with Crippen molar-refractivity contribution in [2.45, 2.75) is 63.4 Å². The van der Waals surface area contributed by atoms with E-state index in [0.717, 1.165) is 23.6 Å². The summed E-state index contributed by atoms with van der Waals surface area (Å²) in [5.41, 5.74) is 2.26. The van der Waals surface area contributed by atoms with Crippen LogP contribution in [-0.2, 0) is 18.7 Å². The van der Waals surface area contributed by atoms with Gasteiger partial charge in [-0.3, -0.25) is 0 Å². The molecule has 0 saturated carbocycles. The van der Waals surface area contributed by atoms with Gasteiger partial charge in [-0.15, -0.1) is 10.2 Å². The van der Waals surface area contributed by atoms with Gasteiger partial charge in [0, 0.05) is 13.0 Å². The van der Waals surface area contributed by atoms with Crippen LogP contribution in [0.4, 0.5) is 0 Å². The molecule has 2 heterocycles. The van der Waals surface area contributed by atoms with Gasteiger partial charge in [0.2, 0.25) is 11.8 Å². The Bertz CT molecular complexity index is 780. The van der Waals surface area contributed by atoms with Crippen LogP contribution < -0.4 is 0 Å². The molecule has 0 radical (unpaired) electrons. The lowest BCUT2D eigenvalue weighted by atomic mass is 10.2. The maximum Gasteiger partial charge on any atom is 0.226 e. The lowest BCUT2D eigenvalue weighted by Crippen LogP contribution is -2.00. The number of para-hydroxylation sites is 2. The van der Waals surface area contributed by atoms with E-state index in [1.807, 2.05) is 13.0 Å². The fourth-order valence-electron chi connectivity index (χ4n) is 2.69. The Labute approximate surface area is 146 Å². The van der Waals surface area contributed by atoms with Gasteiger partial charge in [-0.05, 0) is 18.6 Å². The molecule has 3 aromatic rings. The van der Waals surface area contributed by atoms with Crippen molar-refractivity contribution >= 4 is 22.8 Å². The Morgan fingerprint density at radius 2 is 1.88 bits per heavy atom. The molecule has 0 atom stereocenters. The SMILES string of the molecule is CCCCCCn1c(SCc2nnc(CC)o2)nc2ccccc21. The van der Waals surface area contributed by atoms with Crippen molar-refractivity contribution in [3.05, 3.63) is 36.0 Å². The average molecular weight is 344 g/mol. The summed E-state index contributed by atoms with van der Waals surface area (Å²) >= 11 is 1.67. The molecule has 0 amide bonds. The average Bonchev–Trinajstić information content (AvgIpc) is 3.21. The molecule has 0 aliphatic carbocycles. The van der Waals surface area contributed by atoms with Crippen molar-refractivity contribution in [3.63, 3.8) is 0 Å². The Hall–Kier alpha value is -1.82. The summed E-state index contributed by atoms with van der Waals surface area (Å²) < 4.78 is 7.93. The summed E-state index contributed by atoms with van der Waals surface area (Å²) in [6, 6.07) is 8.33. The Morgan fingerprint density at radius 3 is 2.67 bits per heavy atom. The molecule has 6 heteroatoms. The number of fused-ring (bicyclic) bond motifs is 1. The first kappa shape index (κ1) is 17.0. The van der Waals surface area contributed by atoms with Crippen molar-refractivity contribution in [1.82, 2.24) is 19.7 Å². The van der Waals surface area contributed by atoms with Crippen molar-refractivity contribution in [2.75, 3.05) is 0 Å². The van der Waals surface area contributed by atoms with Gasteiger partial charge in [-0.1, -0.05) is 57.0 Å². The fraction of sp³-hybridized carbons (Fsp3) is 0.500. The van der Waals surface area contributed by atoms with Gasteiger partial charge in [0.15, 0.2) is 5.16 Å². The number of aryl methyl sites for hydroxylation is 2. The van der Waals surface area contributed by atoms with E-state index in [4.69, 9.17) is 9.40 Å². The molecule has 0 fully saturated rings. The van der Waals surface area contributed by atoms with Gasteiger partial charge in [0.25, 0.3) is 0 Å². The quantitative estimate of drug-likeness (QED) is 0.410. The maximum absolute atomic E-state index is 5.60. The standard InChI is InChI=1S/C18H24N4OS/c1-3-5-6-9-12-22-15-11-8-7-10-14(15)19-18(22)24-13-17-21-20-16(4-2)23-17/h7-8,10-11H,3-6,9,12-13H2,1-2H3. The number of hydrogen-bond acceptors (Lipinski definition) is 5. The summed E-state index contributed by atoms with van der Waals surface area (Å²) in [4.78, 5) is 4.79. The minimum atomic E-state index is 0.658. The van der Waals surface area contributed by atoms with Crippen LogP contribution in [0.1, 0.15) is 51.3 Å². The van der Waals surface area contributed by atoms with Gasteiger partial charge in [0.1, 0.15) is 0 Å². The molecule has 2 aromatic heterocycles. The zero-order valence-corrected chi connectivity index (χ0v) is 15.2. The lowest BCUT2D eigenvalue weighted by Gasteiger charge is -2.08. The second-order valence-corrected chi connectivity index (χ2v) is 6.77. The number of imidazole rings is 1. The van der Waals surface area contributed by atoms with Gasteiger partial charge >= 0.3 is 0 Å². The molecular formula is C18H24N4OS. The van der Waals surface area contributed by atoms with E-state index >= 15 is 0 Å². The monoisotopic (exact) mass is 344 g/mol. The highest BCUT2D eigenvalue weighted by atomic mass is 32.2. The fourth-order valence-corrected chi connectivity index (χ4v) is 3.57. The maximum atomic E-state index is 5.60. The molecule has 24 heavy (non-hydrogen) atoms. The molecule has 0 unspecified atom stereocenters. The molecule has 128 valence electrons. The molecule has 0 aliphatic heterocycles.